The van der Waals surface area contributed by atoms with Crippen molar-refractivity contribution in [1.29, 1.82) is 0 Å². The molecule has 0 aliphatic carbocycles. The number of ketones is 1. The molecule has 0 spiro atoms. The number of carbonyl (C=O) groups is 1. The van der Waals surface area contributed by atoms with Gasteiger partial charge in [0.2, 0.25) is 0 Å². The van der Waals surface area contributed by atoms with E-state index in [9.17, 15) is 4.79 Å². The van der Waals surface area contributed by atoms with Crippen LogP contribution in [0.25, 0.3) is 12.2 Å². The molecule has 2 heteroatoms. The van der Waals surface area contributed by atoms with Gasteiger partial charge in [0.1, 0.15) is 5.75 Å². The first-order chi connectivity index (χ1) is 12.8. The smallest absolute Gasteiger partial charge is 0.163 e. The van der Waals surface area contributed by atoms with Gasteiger partial charge in [0.15, 0.2) is 5.78 Å². The van der Waals surface area contributed by atoms with Crippen LogP contribution >= 0.6 is 0 Å². The highest BCUT2D eigenvalue weighted by molar-refractivity contribution is 6.00. The second-order valence-electron chi connectivity index (χ2n) is 6.10. The van der Waals surface area contributed by atoms with Crippen molar-refractivity contribution in [1.82, 2.24) is 0 Å². The monoisotopic (exact) mass is 342 g/mol. The van der Waals surface area contributed by atoms with Crippen molar-refractivity contribution >= 4 is 17.9 Å². The van der Waals surface area contributed by atoms with Gasteiger partial charge in [-0.2, -0.15) is 0 Å². The van der Waals surface area contributed by atoms with Crippen molar-refractivity contribution in [3.05, 3.63) is 101 Å². The minimum absolute atomic E-state index is 0.170. The molecule has 2 nitrogen and oxygen atoms in total. The molecule has 0 fully saturated rings. The van der Waals surface area contributed by atoms with Gasteiger partial charge in [0, 0.05) is 12.0 Å². The predicted molar refractivity (Wildman–Crippen MR) is 107 cm³/mol. The molecule has 0 aliphatic heterocycles. The normalized spacial score (nSPS) is 10.8. The van der Waals surface area contributed by atoms with Gasteiger partial charge in [-0.05, 0) is 35.2 Å². The van der Waals surface area contributed by atoms with Crippen molar-refractivity contribution in [3.8, 4) is 5.75 Å². The second-order valence-corrected chi connectivity index (χ2v) is 6.10. The standard InChI is InChI=1S/C24H22O2/c1-26-22-16-12-20(13-17-22)11-15-21-9-5-6-10-23(21)24(25)18-14-19-7-3-2-4-8-19/h2-13,15-17H,14,18H2,1H3/b15-11+. The fourth-order valence-electron chi connectivity index (χ4n) is 2.83. The number of Topliss-reactive ketones (excluding diaryl/α,β-unsaturated/α-hetero) is 1. The van der Waals surface area contributed by atoms with Crippen molar-refractivity contribution in [2.24, 2.45) is 0 Å². The molecule has 0 saturated carbocycles. The van der Waals surface area contributed by atoms with Crippen LogP contribution in [0.4, 0.5) is 0 Å². The van der Waals surface area contributed by atoms with Gasteiger partial charge >= 0.3 is 0 Å². The molecular formula is C24H22O2. The van der Waals surface area contributed by atoms with Crippen LogP contribution in [0.15, 0.2) is 78.9 Å². The predicted octanol–water partition coefficient (Wildman–Crippen LogP) is 5.68. The van der Waals surface area contributed by atoms with Crippen LogP contribution < -0.4 is 4.74 Å². The zero-order valence-electron chi connectivity index (χ0n) is 14.9. The number of hydrogen-bond donors (Lipinski definition) is 0. The zero-order chi connectivity index (χ0) is 18.2. The number of ether oxygens (including phenoxy) is 1. The molecule has 0 heterocycles. The maximum absolute atomic E-state index is 12.7. The third-order valence-electron chi connectivity index (χ3n) is 4.32. The number of aryl methyl sites for hydroxylation is 1. The molecule has 3 aromatic carbocycles. The van der Waals surface area contributed by atoms with E-state index < -0.39 is 0 Å². The molecule has 0 aromatic heterocycles. The zero-order valence-corrected chi connectivity index (χ0v) is 14.9. The summed E-state index contributed by atoms with van der Waals surface area (Å²) < 4.78 is 5.18. The summed E-state index contributed by atoms with van der Waals surface area (Å²) in [6.07, 6.45) is 5.29. The molecule has 0 amide bonds. The molecule has 0 atom stereocenters. The highest BCUT2D eigenvalue weighted by Gasteiger charge is 2.09. The Balaban J connectivity index is 1.72. The summed E-state index contributed by atoms with van der Waals surface area (Å²) >= 11 is 0. The van der Waals surface area contributed by atoms with Gasteiger partial charge in [-0.15, -0.1) is 0 Å². The summed E-state index contributed by atoms with van der Waals surface area (Å²) in [6.45, 7) is 0. The molecule has 3 aromatic rings. The van der Waals surface area contributed by atoms with Crippen LogP contribution in [-0.4, -0.2) is 12.9 Å². The van der Waals surface area contributed by atoms with Crippen LogP contribution in [0.2, 0.25) is 0 Å². The number of methoxy groups -OCH3 is 1. The Bertz CT molecular complexity index is 878. The van der Waals surface area contributed by atoms with Crippen LogP contribution in [0.5, 0.6) is 5.75 Å². The lowest BCUT2D eigenvalue weighted by atomic mass is 9.98. The SMILES string of the molecule is COc1ccc(/C=C/c2ccccc2C(=O)CCc2ccccc2)cc1. The van der Waals surface area contributed by atoms with E-state index in [4.69, 9.17) is 4.74 Å². The Labute approximate surface area is 154 Å². The van der Waals surface area contributed by atoms with Gasteiger partial charge in [-0.25, -0.2) is 0 Å². The Morgan fingerprint density at radius 3 is 2.27 bits per heavy atom. The molecular weight excluding hydrogens is 320 g/mol. The van der Waals surface area contributed by atoms with E-state index in [1.165, 1.54) is 5.56 Å². The van der Waals surface area contributed by atoms with Gasteiger partial charge in [-0.1, -0.05) is 78.9 Å². The van der Waals surface area contributed by atoms with Crippen LogP contribution in [0.1, 0.15) is 33.5 Å². The molecule has 0 radical (unpaired) electrons. The maximum atomic E-state index is 12.7. The number of benzene rings is 3. The van der Waals surface area contributed by atoms with Crippen molar-refractivity contribution in [2.75, 3.05) is 7.11 Å². The average Bonchev–Trinajstić information content (AvgIpc) is 2.72. The number of rotatable bonds is 7. The fourth-order valence-corrected chi connectivity index (χ4v) is 2.83. The third kappa shape index (κ3) is 4.70. The average molecular weight is 342 g/mol. The largest absolute Gasteiger partial charge is 0.497 e. The molecule has 130 valence electrons. The maximum Gasteiger partial charge on any atom is 0.163 e. The number of carbonyl (C=O) groups excluding carboxylic acids is 1. The van der Waals surface area contributed by atoms with Crippen LogP contribution in [0, 0.1) is 0 Å². The Morgan fingerprint density at radius 2 is 1.54 bits per heavy atom. The van der Waals surface area contributed by atoms with E-state index in [1.807, 2.05) is 78.9 Å². The quantitative estimate of drug-likeness (QED) is 0.408. The molecule has 0 N–H and O–H groups in total. The number of hydrogen-bond acceptors (Lipinski definition) is 2. The summed E-state index contributed by atoms with van der Waals surface area (Å²) in [7, 11) is 1.65. The third-order valence-corrected chi connectivity index (χ3v) is 4.32. The molecule has 0 saturated heterocycles. The first-order valence-electron chi connectivity index (χ1n) is 8.74. The molecule has 26 heavy (non-hydrogen) atoms. The molecule has 0 unspecified atom stereocenters. The first-order valence-corrected chi connectivity index (χ1v) is 8.74. The van der Waals surface area contributed by atoms with Gasteiger partial charge in [0.05, 0.1) is 7.11 Å². The van der Waals surface area contributed by atoms with E-state index >= 15 is 0 Å². The summed E-state index contributed by atoms with van der Waals surface area (Å²) in [5, 5.41) is 0. The van der Waals surface area contributed by atoms with E-state index in [2.05, 4.69) is 12.1 Å². The first kappa shape index (κ1) is 17.7. The van der Waals surface area contributed by atoms with Gasteiger partial charge in [-0.3, -0.25) is 4.79 Å². The van der Waals surface area contributed by atoms with E-state index in [-0.39, 0.29) is 5.78 Å². The molecule has 0 aliphatic rings. The molecule has 3 rings (SSSR count). The Morgan fingerprint density at radius 1 is 0.846 bits per heavy atom. The van der Waals surface area contributed by atoms with Gasteiger partial charge < -0.3 is 4.74 Å². The van der Waals surface area contributed by atoms with E-state index in [1.54, 1.807) is 7.11 Å². The Kier molecular flexibility index (Phi) is 6.00. The lowest BCUT2D eigenvalue weighted by Crippen LogP contribution is -2.03. The highest BCUT2D eigenvalue weighted by Crippen LogP contribution is 2.18. The summed E-state index contributed by atoms with van der Waals surface area (Å²) in [5.74, 6) is 1.00. The van der Waals surface area contributed by atoms with Crippen LogP contribution in [-0.2, 0) is 6.42 Å². The summed E-state index contributed by atoms with van der Waals surface area (Å²) in [4.78, 5) is 12.7. The van der Waals surface area contributed by atoms with E-state index in [0.29, 0.717) is 6.42 Å². The van der Waals surface area contributed by atoms with Gasteiger partial charge in [0.25, 0.3) is 0 Å². The molecule has 0 bridgehead atoms. The Hall–Kier alpha value is -3.13. The lowest BCUT2D eigenvalue weighted by Gasteiger charge is -2.06. The fraction of sp³-hybridized carbons (Fsp3) is 0.125. The summed E-state index contributed by atoms with van der Waals surface area (Å²) in [6, 6.07) is 25.7. The van der Waals surface area contributed by atoms with Crippen molar-refractivity contribution in [3.63, 3.8) is 0 Å². The van der Waals surface area contributed by atoms with E-state index in [0.717, 1.165) is 28.9 Å². The van der Waals surface area contributed by atoms with Crippen LogP contribution in [0.3, 0.4) is 0 Å². The lowest BCUT2D eigenvalue weighted by molar-refractivity contribution is 0.0982. The summed E-state index contributed by atoms with van der Waals surface area (Å²) in [5.41, 5.74) is 3.97. The highest BCUT2D eigenvalue weighted by atomic mass is 16.5. The van der Waals surface area contributed by atoms with Crippen molar-refractivity contribution < 1.29 is 9.53 Å². The topological polar surface area (TPSA) is 26.3 Å². The van der Waals surface area contributed by atoms with Crippen molar-refractivity contribution in [2.45, 2.75) is 12.8 Å². The minimum atomic E-state index is 0.170. The second kappa shape index (κ2) is 8.82. The minimum Gasteiger partial charge on any atom is -0.497 e.